The molecule has 1 aromatic rings. The maximum atomic E-state index is 11.8. The molecule has 130 valence electrons. The molecule has 2 amide bonds. The molecule has 0 aromatic carbocycles. The van der Waals surface area contributed by atoms with Crippen LogP contribution in [-0.4, -0.2) is 40.0 Å². The van der Waals surface area contributed by atoms with Gasteiger partial charge >= 0.3 is 6.03 Å². The van der Waals surface area contributed by atoms with E-state index in [1.54, 1.807) is 0 Å². The summed E-state index contributed by atoms with van der Waals surface area (Å²) in [5.74, 6) is 1.43. The number of carbonyl (C=O) groups excluding carboxylic acids is 1. The van der Waals surface area contributed by atoms with Crippen LogP contribution in [0.3, 0.4) is 0 Å². The summed E-state index contributed by atoms with van der Waals surface area (Å²) in [6.45, 7) is 4.72. The zero-order valence-electron chi connectivity index (χ0n) is 14.1. The minimum absolute atomic E-state index is 0.226. The monoisotopic (exact) mass is 324 g/mol. The molecule has 23 heavy (non-hydrogen) atoms. The van der Waals surface area contributed by atoms with Crippen molar-refractivity contribution in [2.75, 3.05) is 13.1 Å². The first-order valence-corrected chi connectivity index (χ1v) is 8.55. The van der Waals surface area contributed by atoms with Gasteiger partial charge < -0.3 is 20.3 Å². The molecule has 1 aliphatic rings. The third-order valence-corrected chi connectivity index (χ3v) is 4.24. The Morgan fingerprint density at radius 1 is 1.26 bits per heavy atom. The van der Waals surface area contributed by atoms with Crippen LogP contribution in [0.25, 0.3) is 0 Å². The highest BCUT2D eigenvalue weighted by atomic mass is 16.5. The van der Waals surface area contributed by atoms with Gasteiger partial charge in [-0.2, -0.15) is 4.98 Å². The molecule has 0 atom stereocenters. The number of nitrogens with zero attached hydrogens (tertiary/aromatic N) is 2. The first-order valence-electron chi connectivity index (χ1n) is 8.55. The summed E-state index contributed by atoms with van der Waals surface area (Å²) >= 11 is 0. The summed E-state index contributed by atoms with van der Waals surface area (Å²) in [4.78, 5) is 16.1. The molecule has 1 aliphatic carbocycles. The van der Waals surface area contributed by atoms with Crippen molar-refractivity contribution >= 4 is 6.03 Å². The van der Waals surface area contributed by atoms with E-state index in [2.05, 4.69) is 20.8 Å². The van der Waals surface area contributed by atoms with E-state index in [4.69, 9.17) is 4.52 Å². The molecule has 7 heteroatoms. The standard InChI is InChI=1S/C16H28N4O3/c1-12(2)14-19-13(23-20-14)7-10-17-15(21)18-11-16(22)8-5-3-4-6-9-16/h12,22H,3-11H2,1-2H3,(H2,17,18,21). The summed E-state index contributed by atoms with van der Waals surface area (Å²) in [6.07, 6.45) is 6.39. The number of nitrogens with one attached hydrogen (secondary N) is 2. The molecule has 0 bridgehead atoms. The maximum Gasteiger partial charge on any atom is 0.314 e. The topological polar surface area (TPSA) is 100 Å². The molecule has 0 aliphatic heterocycles. The predicted molar refractivity (Wildman–Crippen MR) is 86.1 cm³/mol. The molecule has 3 N–H and O–H groups in total. The molecule has 7 nitrogen and oxygen atoms in total. The number of aliphatic hydroxyl groups is 1. The van der Waals surface area contributed by atoms with Gasteiger partial charge in [-0.3, -0.25) is 0 Å². The van der Waals surface area contributed by atoms with Gasteiger partial charge in [-0.1, -0.05) is 44.7 Å². The molecule has 1 heterocycles. The highest BCUT2D eigenvalue weighted by Gasteiger charge is 2.28. The number of urea groups is 1. The number of hydrogen-bond donors (Lipinski definition) is 3. The van der Waals surface area contributed by atoms with Crippen molar-refractivity contribution in [1.82, 2.24) is 20.8 Å². The van der Waals surface area contributed by atoms with Gasteiger partial charge in [0.05, 0.1) is 5.60 Å². The van der Waals surface area contributed by atoms with Crippen LogP contribution < -0.4 is 10.6 Å². The first-order chi connectivity index (χ1) is 11.0. The molecule has 0 spiro atoms. The average molecular weight is 324 g/mol. The highest BCUT2D eigenvalue weighted by Crippen LogP contribution is 2.26. The second-order valence-corrected chi connectivity index (χ2v) is 6.70. The van der Waals surface area contributed by atoms with Gasteiger partial charge in [-0.25, -0.2) is 4.79 Å². The van der Waals surface area contributed by atoms with E-state index in [1.807, 2.05) is 13.8 Å². The van der Waals surface area contributed by atoms with Crippen molar-refractivity contribution in [3.05, 3.63) is 11.7 Å². The smallest absolute Gasteiger partial charge is 0.314 e. The summed E-state index contributed by atoms with van der Waals surface area (Å²) in [7, 11) is 0. The molecule has 2 rings (SSSR count). The fraction of sp³-hybridized carbons (Fsp3) is 0.812. The van der Waals surface area contributed by atoms with E-state index in [-0.39, 0.29) is 11.9 Å². The van der Waals surface area contributed by atoms with E-state index >= 15 is 0 Å². The molecule has 0 unspecified atom stereocenters. The number of hydrogen-bond acceptors (Lipinski definition) is 5. The fourth-order valence-electron chi connectivity index (χ4n) is 2.76. The minimum atomic E-state index is -0.757. The predicted octanol–water partition coefficient (Wildman–Crippen LogP) is 2.12. The van der Waals surface area contributed by atoms with Crippen LogP contribution in [0.4, 0.5) is 4.79 Å². The van der Waals surface area contributed by atoms with E-state index in [9.17, 15) is 9.90 Å². The molecule has 1 fully saturated rings. The maximum absolute atomic E-state index is 11.8. The highest BCUT2D eigenvalue weighted by molar-refractivity contribution is 5.73. The van der Waals surface area contributed by atoms with Crippen LogP contribution >= 0.6 is 0 Å². The average Bonchev–Trinajstić information content (AvgIpc) is 2.88. The SMILES string of the molecule is CC(C)c1noc(CCNC(=O)NCC2(O)CCCCCC2)n1. The minimum Gasteiger partial charge on any atom is -0.388 e. The lowest BCUT2D eigenvalue weighted by Crippen LogP contribution is -2.46. The summed E-state index contributed by atoms with van der Waals surface area (Å²) < 4.78 is 5.12. The van der Waals surface area contributed by atoms with Crippen LogP contribution in [-0.2, 0) is 6.42 Å². The largest absolute Gasteiger partial charge is 0.388 e. The van der Waals surface area contributed by atoms with Crippen LogP contribution in [0.2, 0.25) is 0 Å². The molecular weight excluding hydrogens is 296 g/mol. The quantitative estimate of drug-likeness (QED) is 0.696. The fourth-order valence-corrected chi connectivity index (χ4v) is 2.76. The van der Waals surface area contributed by atoms with Crippen LogP contribution in [0.5, 0.6) is 0 Å². The number of aromatic nitrogens is 2. The van der Waals surface area contributed by atoms with E-state index in [0.29, 0.717) is 31.2 Å². The van der Waals surface area contributed by atoms with Gasteiger partial charge in [0.1, 0.15) is 0 Å². The first kappa shape index (κ1) is 17.7. The van der Waals surface area contributed by atoms with Gasteiger partial charge in [0.25, 0.3) is 0 Å². The van der Waals surface area contributed by atoms with Gasteiger partial charge in [-0.05, 0) is 12.8 Å². The second-order valence-electron chi connectivity index (χ2n) is 6.70. The van der Waals surface area contributed by atoms with Crippen molar-refractivity contribution in [3.8, 4) is 0 Å². The van der Waals surface area contributed by atoms with Gasteiger partial charge in [0.2, 0.25) is 5.89 Å². The molecule has 1 saturated carbocycles. The lowest BCUT2D eigenvalue weighted by molar-refractivity contribution is 0.0277. The third-order valence-electron chi connectivity index (χ3n) is 4.24. The summed E-state index contributed by atoms with van der Waals surface area (Å²) in [5.41, 5.74) is -0.757. The number of carbonyl (C=O) groups is 1. The summed E-state index contributed by atoms with van der Waals surface area (Å²) in [6, 6.07) is -0.272. The van der Waals surface area contributed by atoms with E-state index < -0.39 is 5.60 Å². The van der Waals surface area contributed by atoms with Crippen LogP contribution in [0.1, 0.15) is 70.0 Å². The van der Waals surface area contributed by atoms with Gasteiger partial charge in [0.15, 0.2) is 5.82 Å². The van der Waals surface area contributed by atoms with E-state index in [0.717, 1.165) is 38.5 Å². The van der Waals surface area contributed by atoms with Crippen LogP contribution in [0, 0.1) is 0 Å². The van der Waals surface area contributed by atoms with E-state index in [1.165, 1.54) is 0 Å². The van der Waals surface area contributed by atoms with Crippen molar-refractivity contribution < 1.29 is 14.4 Å². The normalized spacial score (nSPS) is 17.7. The molecule has 0 saturated heterocycles. The van der Waals surface area contributed by atoms with Crippen molar-refractivity contribution in [1.29, 1.82) is 0 Å². The Morgan fingerprint density at radius 3 is 2.57 bits per heavy atom. The van der Waals surface area contributed by atoms with Crippen molar-refractivity contribution in [3.63, 3.8) is 0 Å². The van der Waals surface area contributed by atoms with Crippen molar-refractivity contribution in [2.24, 2.45) is 0 Å². The zero-order chi connectivity index (χ0) is 16.7. The Hall–Kier alpha value is -1.63. The Balaban J connectivity index is 1.66. The Bertz CT molecular complexity index is 493. The number of amides is 2. The molecule has 1 aromatic heterocycles. The lowest BCUT2D eigenvalue weighted by atomic mass is 9.95. The van der Waals surface area contributed by atoms with Crippen molar-refractivity contribution in [2.45, 2.75) is 70.3 Å². The molecular formula is C16H28N4O3. The zero-order valence-corrected chi connectivity index (χ0v) is 14.1. The van der Waals surface area contributed by atoms with Crippen LogP contribution in [0.15, 0.2) is 4.52 Å². The Kier molecular flexibility index (Phi) is 6.38. The lowest BCUT2D eigenvalue weighted by Gasteiger charge is -2.26. The number of rotatable bonds is 6. The third kappa shape index (κ3) is 5.82. The van der Waals surface area contributed by atoms with Gasteiger partial charge in [-0.15, -0.1) is 0 Å². The summed E-state index contributed by atoms with van der Waals surface area (Å²) in [5, 5.41) is 19.9. The second kappa shape index (κ2) is 8.29. The Labute approximate surface area is 137 Å². The Morgan fingerprint density at radius 2 is 1.96 bits per heavy atom. The van der Waals surface area contributed by atoms with Gasteiger partial charge in [0, 0.05) is 25.4 Å². The molecule has 0 radical (unpaired) electrons.